The molecule has 1 aliphatic heterocycles. The Bertz CT molecular complexity index is 665. The smallest absolute Gasteiger partial charge is 0.272 e. The van der Waals surface area contributed by atoms with Crippen molar-refractivity contribution >= 4 is 35.8 Å². The number of para-hydroxylation sites is 1. The van der Waals surface area contributed by atoms with E-state index in [1.54, 1.807) is 0 Å². The molecule has 2 aromatic rings. The van der Waals surface area contributed by atoms with Gasteiger partial charge in [0.1, 0.15) is 0 Å². The summed E-state index contributed by atoms with van der Waals surface area (Å²) in [6.07, 6.45) is 1.97. The molecule has 1 unspecified atom stereocenters. The first kappa shape index (κ1) is 17.9. The van der Waals surface area contributed by atoms with Gasteiger partial charge in [0.25, 0.3) is 5.91 Å². The summed E-state index contributed by atoms with van der Waals surface area (Å²) in [6, 6.07) is 17.6. The number of ether oxygens (including phenoxy) is 1. The van der Waals surface area contributed by atoms with Crippen LogP contribution in [0.1, 0.15) is 25.3 Å². The van der Waals surface area contributed by atoms with Gasteiger partial charge < -0.3 is 10.1 Å². The number of carbonyl (C=O) groups is 1. The third-order valence-corrected chi connectivity index (χ3v) is 5.05. The van der Waals surface area contributed by atoms with Gasteiger partial charge in [0, 0.05) is 17.1 Å². The molecule has 0 aromatic heterocycles. The molecular formula is C18H20ClNO2S. The zero-order chi connectivity index (χ0) is 15.4. The van der Waals surface area contributed by atoms with Crippen LogP contribution in [0.4, 0.5) is 5.69 Å². The Labute approximate surface area is 147 Å². The molecule has 1 atom stereocenters. The number of nitrogens with one attached hydrogen (secondary N) is 1. The molecule has 3 rings (SSSR count). The van der Waals surface area contributed by atoms with Crippen molar-refractivity contribution in [3.05, 3.63) is 60.2 Å². The maximum atomic E-state index is 12.8. The first-order valence-corrected chi connectivity index (χ1v) is 8.37. The fourth-order valence-corrected chi connectivity index (χ4v) is 3.68. The standard InChI is InChI=1S/C18H19NO2S.ClH/c1-2-3-13-21-18(14-9-5-4-6-10-14)17(20)19-15-11-7-8-12-16(15)22-18;/h4-12H,2-3,13H2,1H3,(H,19,20);1H. The summed E-state index contributed by atoms with van der Waals surface area (Å²) in [7, 11) is 0. The largest absolute Gasteiger partial charge is 0.351 e. The van der Waals surface area contributed by atoms with Gasteiger partial charge in [-0.3, -0.25) is 4.79 Å². The van der Waals surface area contributed by atoms with E-state index in [-0.39, 0.29) is 18.3 Å². The SMILES string of the molecule is CCCCOC1(c2ccccc2)Sc2ccccc2NC1=O.Cl. The van der Waals surface area contributed by atoms with Crippen molar-refractivity contribution in [2.75, 3.05) is 11.9 Å². The van der Waals surface area contributed by atoms with Crippen molar-refractivity contribution in [3.8, 4) is 0 Å². The highest BCUT2D eigenvalue weighted by atomic mass is 35.5. The number of amides is 1. The first-order valence-electron chi connectivity index (χ1n) is 7.55. The van der Waals surface area contributed by atoms with Crippen LogP contribution in [0, 0.1) is 0 Å². The minimum atomic E-state index is -1.01. The fourth-order valence-electron chi connectivity index (χ4n) is 2.45. The Morgan fingerprint density at radius 1 is 1.09 bits per heavy atom. The number of hydrogen-bond donors (Lipinski definition) is 1. The number of anilines is 1. The first-order chi connectivity index (χ1) is 10.8. The number of unbranched alkanes of at least 4 members (excludes halogenated alkanes) is 1. The highest BCUT2D eigenvalue weighted by Crippen LogP contribution is 2.49. The second kappa shape index (κ2) is 7.86. The maximum absolute atomic E-state index is 12.8. The van der Waals surface area contributed by atoms with Crippen LogP contribution < -0.4 is 5.32 Å². The molecule has 1 N–H and O–H groups in total. The van der Waals surface area contributed by atoms with Crippen molar-refractivity contribution in [3.63, 3.8) is 0 Å². The number of benzene rings is 2. The average molecular weight is 350 g/mol. The lowest BCUT2D eigenvalue weighted by Crippen LogP contribution is -2.42. The van der Waals surface area contributed by atoms with Gasteiger partial charge in [-0.2, -0.15) is 0 Å². The molecule has 1 heterocycles. The van der Waals surface area contributed by atoms with Crippen molar-refractivity contribution in [1.82, 2.24) is 0 Å². The Morgan fingerprint density at radius 2 is 1.78 bits per heavy atom. The number of hydrogen-bond acceptors (Lipinski definition) is 3. The van der Waals surface area contributed by atoms with E-state index in [4.69, 9.17) is 4.74 Å². The van der Waals surface area contributed by atoms with Gasteiger partial charge in [-0.05, 0) is 18.6 Å². The molecule has 1 aliphatic rings. The third-order valence-electron chi connectivity index (χ3n) is 3.64. The quantitative estimate of drug-likeness (QED) is 0.786. The van der Waals surface area contributed by atoms with Crippen molar-refractivity contribution in [2.24, 2.45) is 0 Å². The molecule has 0 saturated carbocycles. The molecule has 2 aromatic carbocycles. The van der Waals surface area contributed by atoms with E-state index in [9.17, 15) is 4.79 Å². The van der Waals surface area contributed by atoms with Crippen LogP contribution in [0.15, 0.2) is 59.5 Å². The molecule has 0 bridgehead atoms. The Kier molecular flexibility index (Phi) is 6.10. The van der Waals surface area contributed by atoms with Crippen LogP contribution in [0.5, 0.6) is 0 Å². The van der Waals surface area contributed by atoms with Crippen LogP contribution in [-0.2, 0) is 14.5 Å². The second-order valence-electron chi connectivity index (χ2n) is 5.24. The van der Waals surface area contributed by atoms with Crippen molar-refractivity contribution in [2.45, 2.75) is 29.6 Å². The number of fused-ring (bicyclic) bond motifs is 1. The van der Waals surface area contributed by atoms with Gasteiger partial charge in [0.15, 0.2) is 0 Å². The van der Waals surface area contributed by atoms with Crippen molar-refractivity contribution < 1.29 is 9.53 Å². The minimum Gasteiger partial charge on any atom is -0.351 e. The molecule has 5 heteroatoms. The van der Waals surface area contributed by atoms with Gasteiger partial charge >= 0.3 is 0 Å². The predicted octanol–water partition coefficient (Wildman–Crippen LogP) is 4.82. The van der Waals surface area contributed by atoms with E-state index < -0.39 is 4.93 Å². The maximum Gasteiger partial charge on any atom is 0.272 e. The molecule has 1 amide bonds. The zero-order valence-corrected chi connectivity index (χ0v) is 14.6. The van der Waals surface area contributed by atoms with E-state index in [2.05, 4.69) is 12.2 Å². The zero-order valence-electron chi connectivity index (χ0n) is 13.0. The fraction of sp³-hybridized carbons (Fsp3) is 0.278. The van der Waals surface area contributed by atoms with Crippen molar-refractivity contribution in [1.29, 1.82) is 0 Å². The Balaban J connectivity index is 0.00000192. The summed E-state index contributed by atoms with van der Waals surface area (Å²) in [4.78, 5) is 12.8. The molecule has 3 nitrogen and oxygen atoms in total. The summed E-state index contributed by atoms with van der Waals surface area (Å²) in [6.45, 7) is 2.68. The lowest BCUT2D eigenvalue weighted by Gasteiger charge is -2.36. The topological polar surface area (TPSA) is 38.3 Å². The summed E-state index contributed by atoms with van der Waals surface area (Å²) in [5.41, 5.74) is 1.73. The normalized spacial score (nSPS) is 19.4. The van der Waals surface area contributed by atoms with E-state index in [1.807, 2.05) is 54.6 Å². The van der Waals surface area contributed by atoms with Gasteiger partial charge in [-0.15, -0.1) is 12.4 Å². The van der Waals surface area contributed by atoms with Crippen LogP contribution in [0.25, 0.3) is 0 Å². The van der Waals surface area contributed by atoms with Crippen LogP contribution >= 0.6 is 24.2 Å². The van der Waals surface area contributed by atoms with E-state index in [0.29, 0.717) is 6.61 Å². The summed E-state index contributed by atoms with van der Waals surface area (Å²) in [5, 5.41) is 2.99. The molecule has 0 spiro atoms. The predicted molar refractivity (Wildman–Crippen MR) is 97.2 cm³/mol. The Hall–Kier alpha value is -1.49. The molecule has 0 aliphatic carbocycles. The number of thioether (sulfide) groups is 1. The monoisotopic (exact) mass is 349 g/mol. The summed E-state index contributed by atoms with van der Waals surface area (Å²) < 4.78 is 6.12. The summed E-state index contributed by atoms with van der Waals surface area (Å²) in [5.74, 6) is -0.112. The minimum absolute atomic E-state index is 0. The van der Waals surface area contributed by atoms with Crippen LogP contribution in [0.2, 0.25) is 0 Å². The highest BCUT2D eigenvalue weighted by molar-refractivity contribution is 8.01. The molecule has 0 fully saturated rings. The summed E-state index contributed by atoms with van der Waals surface area (Å²) >= 11 is 1.48. The van der Waals surface area contributed by atoms with E-state index >= 15 is 0 Å². The average Bonchev–Trinajstić information content (AvgIpc) is 2.56. The van der Waals surface area contributed by atoms with Gasteiger partial charge in [0.2, 0.25) is 4.93 Å². The van der Waals surface area contributed by atoms with Gasteiger partial charge in [0.05, 0.1) is 5.69 Å². The number of halogens is 1. The molecule has 0 saturated heterocycles. The van der Waals surface area contributed by atoms with Crippen LogP contribution in [-0.4, -0.2) is 12.5 Å². The number of rotatable bonds is 5. The molecule has 122 valence electrons. The Morgan fingerprint density at radius 3 is 2.52 bits per heavy atom. The lowest BCUT2D eigenvalue weighted by molar-refractivity contribution is -0.131. The second-order valence-corrected chi connectivity index (χ2v) is 6.46. The van der Waals surface area contributed by atoms with Crippen LogP contribution in [0.3, 0.4) is 0 Å². The lowest BCUT2D eigenvalue weighted by atomic mass is 10.1. The molecule has 23 heavy (non-hydrogen) atoms. The van der Waals surface area contributed by atoms with Gasteiger partial charge in [-0.1, -0.05) is 67.6 Å². The molecule has 0 radical (unpaired) electrons. The van der Waals surface area contributed by atoms with E-state index in [0.717, 1.165) is 29.0 Å². The van der Waals surface area contributed by atoms with Gasteiger partial charge in [-0.25, -0.2) is 0 Å². The highest BCUT2D eigenvalue weighted by Gasteiger charge is 2.46. The molecular weight excluding hydrogens is 330 g/mol. The number of carbonyl (C=O) groups excluding carboxylic acids is 1. The third kappa shape index (κ3) is 3.55. The van der Waals surface area contributed by atoms with E-state index in [1.165, 1.54) is 11.8 Å².